The van der Waals surface area contributed by atoms with E-state index in [1.165, 1.54) is 5.15 Å². The molecule has 0 bridgehead atoms. The molecule has 0 aliphatic carbocycles. The van der Waals surface area contributed by atoms with E-state index in [4.69, 9.17) is 9.05 Å². The Morgan fingerprint density at radius 3 is 1.17 bits per heavy atom. The van der Waals surface area contributed by atoms with Crippen molar-refractivity contribution in [3.8, 4) is 0 Å². The summed E-state index contributed by atoms with van der Waals surface area (Å²) in [5.41, 5.74) is 0. The van der Waals surface area contributed by atoms with Gasteiger partial charge in [-0.2, -0.15) is 0 Å². The molecule has 0 amide bonds. The maximum atomic E-state index is 9.12. The first-order valence-corrected chi connectivity index (χ1v) is 0.309. The zero-order valence-corrected chi connectivity index (χ0v) is 7.89. The molecule has 6 heavy (non-hydrogen) atoms. The van der Waals surface area contributed by atoms with Crippen molar-refractivity contribution < 1.29 is 14.2 Å². The molecule has 0 aliphatic heterocycles. The van der Waals surface area contributed by atoms with E-state index in [1.807, 2.05) is 0 Å². The SMILES string of the molecule is FOF.[B].[Ba].[Li]. The number of halogens is 2. The Bertz CT molecular complexity index is 13.5. The summed E-state index contributed by atoms with van der Waals surface area (Å²) in [4.78, 5) is 0. The minimum absolute atomic E-state index is 0. The van der Waals surface area contributed by atoms with Gasteiger partial charge in [0.1, 0.15) is 0 Å². The topological polar surface area (TPSA) is 9.23 Å². The van der Waals surface area contributed by atoms with Gasteiger partial charge in [0.05, 0.1) is 0 Å². The summed E-state index contributed by atoms with van der Waals surface area (Å²) in [6.45, 7) is 0. The Morgan fingerprint density at radius 1 is 1.17 bits per heavy atom. The van der Waals surface area contributed by atoms with Crippen LogP contribution in [0.1, 0.15) is 0 Å². The fourth-order valence-electron chi connectivity index (χ4n) is 0. The Labute approximate surface area is 88.8 Å². The van der Waals surface area contributed by atoms with Crippen LogP contribution >= 0.6 is 0 Å². The third-order valence-electron chi connectivity index (χ3n) is 0. The fraction of sp³-hybridized carbons (Fsp3) is 0. The smallest absolute Gasteiger partial charge is 0.0104 e. The predicted molar refractivity (Wildman–Crippen MR) is 20.6 cm³/mol. The minimum Gasteiger partial charge on any atom is -0.0104 e. The molecule has 1 nitrogen and oxygen atoms in total. The van der Waals surface area contributed by atoms with Gasteiger partial charge in [-0.3, -0.25) is 0 Å². The van der Waals surface area contributed by atoms with Crippen LogP contribution in [0, 0.1) is 0 Å². The van der Waals surface area contributed by atoms with Crippen LogP contribution in [0.25, 0.3) is 0 Å². The summed E-state index contributed by atoms with van der Waals surface area (Å²) >= 11 is 0. The second-order valence-corrected chi connectivity index (χ2v) is 0.0583. The molecule has 0 spiro atoms. The quantitative estimate of drug-likeness (QED) is 0.494. The van der Waals surface area contributed by atoms with Crippen LogP contribution in [0.4, 0.5) is 9.05 Å². The second kappa shape index (κ2) is 27.7. The van der Waals surface area contributed by atoms with Gasteiger partial charge >= 0.3 is 0 Å². The summed E-state index contributed by atoms with van der Waals surface area (Å²) in [6.07, 6.45) is 0. The monoisotopic (exact) mass is 210 g/mol. The van der Waals surface area contributed by atoms with Crippen LogP contribution in [0.3, 0.4) is 0 Å². The molecule has 0 unspecified atom stereocenters. The molecule has 0 saturated carbocycles. The van der Waals surface area contributed by atoms with Crippen LogP contribution in [-0.4, -0.2) is 76.2 Å². The molecule has 0 aromatic rings. The molecule has 0 fully saturated rings. The van der Waals surface area contributed by atoms with Crippen molar-refractivity contribution in [2.75, 3.05) is 0 Å². The van der Waals surface area contributed by atoms with Gasteiger partial charge in [-0.15, -0.1) is 0 Å². The third kappa shape index (κ3) is 36.7. The van der Waals surface area contributed by atoms with Gasteiger partial charge in [0, 0.05) is 81.3 Å². The van der Waals surface area contributed by atoms with Crippen LogP contribution in [0.5, 0.6) is 0 Å². The number of hydrogen-bond donors (Lipinski definition) is 0. The van der Waals surface area contributed by atoms with Gasteiger partial charge in [-0.25, -0.2) is 0 Å². The van der Waals surface area contributed by atoms with Crippen molar-refractivity contribution in [2.24, 2.45) is 0 Å². The van der Waals surface area contributed by atoms with Crippen molar-refractivity contribution in [1.82, 2.24) is 0 Å². The van der Waals surface area contributed by atoms with E-state index in [9.17, 15) is 0 Å². The normalized spacial score (nSPS) is 3.00. The van der Waals surface area contributed by atoms with Crippen LogP contribution in [0.2, 0.25) is 0 Å². The van der Waals surface area contributed by atoms with E-state index < -0.39 is 0 Å². The predicted octanol–water partition coefficient (Wildman–Crippen LogP) is -0.370. The summed E-state index contributed by atoms with van der Waals surface area (Å²) in [5, 5.41) is 1.25. The van der Waals surface area contributed by atoms with Crippen molar-refractivity contribution in [3.05, 3.63) is 0 Å². The molecule has 6 heteroatoms. The maximum Gasteiger partial charge on any atom is 0.0209 e. The van der Waals surface area contributed by atoms with Crippen molar-refractivity contribution in [3.63, 3.8) is 0 Å². The van der Waals surface area contributed by atoms with E-state index in [0.717, 1.165) is 0 Å². The summed E-state index contributed by atoms with van der Waals surface area (Å²) in [5.74, 6) is 0. The van der Waals surface area contributed by atoms with Gasteiger partial charge in [0.2, 0.25) is 0 Å². The maximum absolute atomic E-state index is 9.12. The van der Waals surface area contributed by atoms with Crippen LogP contribution in [-0.2, 0) is 5.15 Å². The van der Waals surface area contributed by atoms with Crippen LogP contribution in [0.15, 0.2) is 0 Å². The fourth-order valence-corrected chi connectivity index (χ4v) is 0. The molecule has 0 aromatic carbocycles. The van der Waals surface area contributed by atoms with Crippen LogP contribution < -0.4 is 0 Å². The van der Waals surface area contributed by atoms with Gasteiger partial charge in [0.25, 0.3) is 0 Å². The minimum atomic E-state index is 0. The zero-order valence-electron chi connectivity index (χ0n) is 3.45. The molecule has 0 aliphatic rings. The Kier molecular flexibility index (Phi) is 113. The Morgan fingerprint density at radius 2 is 1.17 bits per heavy atom. The number of rotatable bonds is 0. The molecule has 0 N–H and O–H groups in total. The van der Waals surface area contributed by atoms with Crippen molar-refractivity contribution >= 4 is 76.2 Å². The standard InChI is InChI=1S/B.Ba.F2O.Li/c;;1-3-2;. The van der Waals surface area contributed by atoms with Gasteiger partial charge in [0.15, 0.2) is 0 Å². The van der Waals surface area contributed by atoms with Gasteiger partial charge in [-0.05, 0) is 9.05 Å². The van der Waals surface area contributed by atoms with Gasteiger partial charge in [-0.1, -0.05) is 0 Å². The van der Waals surface area contributed by atoms with Crippen molar-refractivity contribution in [1.29, 1.82) is 0 Å². The molecule has 0 atom stereocenters. The summed E-state index contributed by atoms with van der Waals surface area (Å²) < 4.78 is 18.2. The molecule has 6 radical (unpaired) electrons. The first-order chi connectivity index (χ1) is 1.41. The Hall–Kier alpha value is 2.05. The summed E-state index contributed by atoms with van der Waals surface area (Å²) in [6, 6.07) is 0. The largest absolute Gasteiger partial charge is 0.0209 e. The molecule has 0 aromatic heterocycles. The molecule has 0 saturated heterocycles. The summed E-state index contributed by atoms with van der Waals surface area (Å²) in [7, 11) is 0. The Balaban J connectivity index is -0.00000000667. The average molecular weight is 209 g/mol. The van der Waals surface area contributed by atoms with E-state index in [-0.39, 0.29) is 76.2 Å². The zero-order chi connectivity index (χ0) is 2.71. The third-order valence-corrected chi connectivity index (χ3v) is 0. The molecule has 26 valence electrons. The molecular formula is BBaF2LiO. The second-order valence-electron chi connectivity index (χ2n) is 0.0583. The average Bonchev–Trinajstić information content (AvgIpc) is 0.918. The molecule has 0 heterocycles. The first kappa shape index (κ1) is 24.4. The van der Waals surface area contributed by atoms with E-state index in [1.54, 1.807) is 0 Å². The molecular weight excluding hydrogens is 209 g/mol. The van der Waals surface area contributed by atoms with E-state index in [0.29, 0.717) is 0 Å². The van der Waals surface area contributed by atoms with Crippen molar-refractivity contribution in [2.45, 2.75) is 0 Å². The van der Waals surface area contributed by atoms with E-state index in [2.05, 4.69) is 0 Å². The van der Waals surface area contributed by atoms with Gasteiger partial charge < -0.3 is 0 Å². The first-order valence-electron chi connectivity index (χ1n) is 0.309. The number of hydrogen-bond acceptors (Lipinski definition) is 1. The van der Waals surface area contributed by atoms with E-state index >= 15 is 0 Å². The molecule has 0 rings (SSSR count).